The van der Waals surface area contributed by atoms with Crippen LogP contribution >= 0.6 is 0 Å². The number of nitrogens with zero attached hydrogens (tertiary/aromatic N) is 1. The van der Waals surface area contributed by atoms with Crippen LogP contribution in [0.15, 0.2) is 24.3 Å². The van der Waals surface area contributed by atoms with Crippen LogP contribution in [0.25, 0.3) is 0 Å². The zero-order valence-corrected chi connectivity index (χ0v) is 10.3. The summed E-state index contributed by atoms with van der Waals surface area (Å²) in [7, 11) is 0. The Balaban J connectivity index is 1.66. The van der Waals surface area contributed by atoms with E-state index in [2.05, 4.69) is 16.7 Å². The third-order valence-electron chi connectivity index (χ3n) is 2.94. The van der Waals surface area contributed by atoms with Crippen molar-refractivity contribution >= 4 is 5.91 Å². The Morgan fingerprint density at radius 1 is 1.33 bits per heavy atom. The van der Waals surface area contributed by atoms with Gasteiger partial charge in [-0.3, -0.25) is 4.79 Å². The summed E-state index contributed by atoms with van der Waals surface area (Å²) in [5.74, 6) is 0.0625. The van der Waals surface area contributed by atoms with E-state index in [-0.39, 0.29) is 5.91 Å². The second kappa shape index (κ2) is 6.18. The normalized spacial score (nSPS) is 13.9. The number of benzene rings is 1. The molecule has 0 heterocycles. The number of carbonyl (C=O) groups excluding carboxylic acids is 1. The number of carbonyl (C=O) groups is 1. The van der Waals surface area contributed by atoms with Crippen molar-refractivity contribution < 1.29 is 4.79 Å². The second-order valence-electron chi connectivity index (χ2n) is 4.56. The van der Waals surface area contributed by atoms with E-state index in [9.17, 15) is 4.79 Å². The molecule has 0 bridgehead atoms. The highest BCUT2D eigenvalue weighted by Crippen LogP contribution is 2.18. The molecule has 4 nitrogen and oxygen atoms in total. The van der Waals surface area contributed by atoms with Crippen molar-refractivity contribution in [3.8, 4) is 6.07 Å². The van der Waals surface area contributed by atoms with Gasteiger partial charge in [0.25, 0.3) is 0 Å². The molecule has 0 aliphatic heterocycles. The number of nitriles is 1. The van der Waals surface area contributed by atoms with Crippen molar-refractivity contribution in [3.05, 3.63) is 35.4 Å². The summed E-state index contributed by atoms with van der Waals surface area (Å²) in [6.07, 6.45) is 3.01. The van der Waals surface area contributed by atoms with Gasteiger partial charge in [0.15, 0.2) is 0 Å². The Kier molecular flexibility index (Phi) is 4.32. The minimum Gasteiger partial charge on any atom is -0.352 e. The van der Waals surface area contributed by atoms with Gasteiger partial charge in [0.05, 0.1) is 11.6 Å². The molecule has 0 spiro atoms. The molecule has 1 aromatic carbocycles. The monoisotopic (exact) mass is 243 g/mol. The van der Waals surface area contributed by atoms with Crippen LogP contribution in [0.4, 0.5) is 0 Å². The molecule has 0 atom stereocenters. The van der Waals surface area contributed by atoms with E-state index in [0.717, 1.165) is 12.1 Å². The van der Waals surface area contributed by atoms with E-state index in [1.807, 2.05) is 12.1 Å². The first-order valence-corrected chi connectivity index (χ1v) is 6.27. The maximum atomic E-state index is 11.5. The van der Waals surface area contributed by atoms with E-state index in [4.69, 9.17) is 5.26 Å². The highest BCUT2D eigenvalue weighted by molar-refractivity contribution is 5.76. The molecule has 2 N–H and O–H groups in total. The maximum Gasteiger partial charge on any atom is 0.221 e. The van der Waals surface area contributed by atoms with Crippen molar-refractivity contribution in [3.63, 3.8) is 0 Å². The summed E-state index contributed by atoms with van der Waals surface area (Å²) >= 11 is 0. The number of hydrogen-bond acceptors (Lipinski definition) is 3. The first-order chi connectivity index (χ1) is 8.78. The highest BCUT2D eigenvalue weighted by atomic mass is 16.1. The molecule has 1 aromatic rings. The first-order valence-electron chi connectivity index (χ1n) is 6.27. The van der Waals surface area contributed by atoms with Gasteiger partial charge in [-0.2, -0.15) is 5.26 Å². The van der Waals surface area contributed by atoms with Crippen molar-refractivity contribution in [2.45, 2.75) is 31.8 Å². The number of amides is 1. The molecule has 0 radical (unpaired) electrons. The minimum atomic E-state index is 0.0625. The summed E-state index contributed by atoms with van der Waals surface area (Å²) in [5.41, 5.74) is 1.65. The van der Waals surface area contributed by atoms with Crippen LogP contribution in [0.1, 0.15) is 30.4 Å². The lowest BCUT2D eigenvalue weighted by atomic mass is 10.1. The Morgan fingerprint density at radius 3 is 2.67 bits per heavy atom. The van der Waals surface area contributed by atoms with Gasteiger partial charge in [-0.1, -0.05) is 12.1 Å². The molecular weight excluding hydrogens is 226 g/mol. The standard InChI is InChI=1S/C14H17N3O/c15-9-11-1-3-12(4-2-11)10-17-14(18)7-8-16-13-5-6-13/h1-4,13,16H,5-8,10H2,(H,17,18). The molecule has 1 aliphatic rings. The van der Waals surface area contributed by atoms with Gasteiger partial charge in [0.1, 0.15) is 0 Å². The quantitative estimate of drug-likeness (QED) is 0.792. The van der Waals surface area contributed by atoms with E-state index in [0.29, 0.717) is 24.6 Å². The third-order valence-corrected chi connectivity index (χ3v) is 2.94. The van der Waals surface area contributed by atoms with Crippen molar-refractivity contribution in [2.75, 3.05) is 6.54 Å². The van der Waals surface area contributed by atoms with Crippen LogP contribution in [-0.4, -0.2) is 18.5 Å². The predicted molar refractivity (Wildman–Crippen MR) is 68.6 cm³/mol. The van der Waals surface area contributed by atoms with Gasteiger partial charge in [-0.15, -0.1) is 0 Å². The van der Waals surface area contributed by atoms with E-state index in [1.54, 1.807) is 12.1 Å². The zero-order valence-electron chi connectivity index (χ0n) is 10.3. The number of hydrogen-bond donors (Lipinski definition) is 2. The Labute approximate surface area is 107 Å². The molecule has 0 saturated heterocycles. The molecular formula is C14H17N3O. The number of rotatable bonds is 6. The summed E-state index contributed by atoms with van der Waals surface area (Å²) in [6.45, 7) is 1.28. The molecule has 1 amide bonds. The summed E-state index contributed by atoms with van der Waals surface area (Å²) in [5, 5.41) is 14.8. The molecule has 4 heteroatoms. The maximum absolute atomic E-state index is 11.5. The molecule has 0 unspecified atom stereocenters. The van der Waals surface area contributed by atoms with Gasteiger partial charge in [0.2, 0.25) is 5.91 Å². The molecule has 18 heavy (non-hydrogen) atoms. The SMILES string of the molecule is N#Cc1ccc(CNC(=O)CCNC2CC2)cc1. The summed E-state index contributed by atoms with van der Waals surface area (Å²) < 4.78 is 0. The summed E-state index contributed by atoms with van der Waals surface area (Å²) in [4.78, 5) is 11.5. The zero-order chi connectivity index (χ0) is 12.8. The topological polar surface area (TPSA) is 64.9 Å². The average molecular weight is 243 g/mol. The fourth-order valence-corrected chi connectivity index (χ4v) is 1.66. The van der Waals surface area contributed by atoms with Crippen LogP contribution in [0.5, 0.6) is 0 Å². The Morgan fingerprint density at radius 2 is 2.06 bits per heavy atom. The van der Waals surface area contributed by atoms with Crippen molar-refractivity contribution in [1.82, 2.24) is 10.6 Å². The van der Waals surface area contributed by atoms with Crippen molar-refractivity contribution in [2.24, 2.45) is 0 Å². The molecule has 0 aromatic heterocycles. The van der Waals surface area contributed by atoms with Gasteiger partial charge in [-0.05, 0) is 30.5 Å². The van der Waals surface area contributed by atoms with Crippen molar-refractivity contribution in [1.29, 1.82) is 5.26 Å². The van der Waals surface area contributed by atoms with Crippen LogP contribution in [0.2, 0.25) is 0 Å². The molecule has 2 rings (SSSR count). The van der Waals surface area contributed by atoms with Crippen LogP contribution < -0.4 is 10.6 Å². The van der Waals surface area contributed by atoms with Crippen LogP contribution in [-0.2, 0) is 11.3 Å². The fourth-order valence-electron chi connectivity index (χ4n) is 1.66. The average Bonchev–Trinajstić information content (AvgIpc) is 3.21. The summed E-state index contributed by atoms with van der Waals surface area (Å²) in [6, 6.07) is 9.96. The third kappa shape index (κ3) is 4.19. The molecule has 94 valence electrons. The number of nitrogens with one attached hydrogen (secondary N) is 2. The van der Waals surface area contributed by atoms with E-state index >= 15 is 0 Å². The molecule has 1 aliphatic carbocycles. The first kappa shape index (κ1) is 12.6. The smallest absolute Gasteiger partial charge is 0.221 e. The Hall–Kier alpha value is -1.86. The van der Waals surface area contributed by atoms with Gasteiger partial charge in [-0.25, -0.2) is 0 Å². The van der Waals surface area contributed by atoms with E-state index in [1.165, 1.54) is 12.8 Å². The fraction of sp³-hybridized carbons (Fsp3) is 0.429. The van der Waals surface area contributed by atoms with Gasteiger partial charge in [0, 0.05) is 25.6 Å². The van der Waals surface area contributed by atoms with E-state index < -0.39 is 0 Å². The van der Waals surface area contributed by atoms with Gasteiger partial charge >= 0.3 is 0 Å². The molecule has 1 fully saturated rings. The lowest BCUT2D eigenvalue weighted by molar-refractivity contribution is -0.121. The highest BCUT2D eigenvalue weighted by Gasteiger charge is 2.19. The lowest BCUT2D eigenvalue weighted by Gasteiger charge is -2.06. The van der Waals surface area contributed by atoms with Crippen LogP contribution in [0.3, 0.4) is 0 Å². The van der Waals surface area contributed by atoms with Gasteiger partial charge < -0.3 is 10.6 Å². The second-order valence-corrected chi connectivity index (χ2v) is 4.56. The lowest BCUT2D eigenvalue weighted by Crippen LogP contribution is -2.28. The molecule has 1 saturated carbocycles. The largest absolute Gasteiger partial charge is 0.352 e. The Bertz CT molecular complexity index is 443. The minimum absolute atomic E-state index is 0.0625. The van der Waals surface area contributed by atoms with Crippen LogP contribution in [0, 0.1) is 11.3 Å². The predicted octanol–water partition coefficient (Wildman–Crippen LogP) is 1.32.